The molecule has 0 fully saturated rings. The zero-order valence-corrected chi connectivity index (χ0v) is 9.97. The Balaban J connectivity index is 2.90. The quantitative estimate of drug-likeness (QED) is 0.719. The van der Waals surface area contributed by atoms with Crippen molar-refractivity contribution < 1.29 is 0 Å². The zero-order valence-electron chi connectivity index (χ0n) is 5.48. The van der Waals surface area contributed by atoms with Gasteiger partial charge in [-0.2, -0.15) is 0 Å². The van der Waals surface area contributed by atoms with E-state index in [9.17, 15) is 0 Å². The lowest BCUT2D eigenvalue weighted by molar-refractivity contribution is 1.43. The Morgan fingerprint density at radius 2 is 2.09 bits per heavy atom. The highest BCUT2D eigenvalue weighted by atomic mass is 127. The van der Waals surface area contributed by atoms with E-state index in [4.69, 9.17) is 23.2 Å². The Labute approximate surface area is 92.2 Å². The minimum Gasteiger partial charge on any atom is -0.0845 e. The molecule has 0 radical (unpaired) electrons. The molecule has 0 saturated heterocycles. The lowest BCUT2D eigenvalue weighted by atomic mass is 10.2. The third-order valence-electron chi connectivity index (χ3n) is 1.23. The summed E-state index contributed by atoms with van der Waals surface area (Å²) < 4.78 is 0. The van der Waals surface area contributed by atoms with Crippen LogP contribution in [-0.2, 0) is 5.75 Å². The van der Waals surface area contributed by atoms with Gasteiger partial charge in [0.25, 0.3) is 0 Å². The summed E-state index contributed by atoms with van der Waals surface area (Å²) in [5.74, 6) is 0.927. The summed E-state index contributed by atoms with van der Waals surface area (Å²) in [5.41, 5.74) is 1.13. The van der Waals surface area contributed by atoms with Gasteiger partial charge in [-0.05, 0) is 38.9 Å². The normalized spacial score (nSPS) is 10.1. The van der Waals surface area contributed by atoms with Crippen LogP contribution in [-0.4, -0.2) is 0 Å². The molecule has 0 bridgehead atoms. The van der Waals surface area contributed by atoms with Gasteiger partial charge in [-0.3, -0.25) is 0 Å². The molecule has 0 aliphatic rings. The second kappa shape index (κ2) is 4.80. The van der Waals surface area contributed by atoms with E-state index >= 15 is 0 Å². The van der Waals surface area contributed by atoms with Crippen LogP contribution in [0, 0.1) is 0 Å². The van der Waals surface area contributed by atoms with Crippen LogP contribution >= 0.6 is 53.3 Å². The van der Waals surface area contributed by atoms with Gasteiger partial charge < -0.3 is 0 Å². The van der Waals surface area contributed by atoms with Crippen molar-refractivity contribution >= 4 is 53.3 Å². The molecule has 11 heavy (non-hydrogen) atoms. The molecule has 0 unspecified atom stereocenters. The summed E-state index contributed by atoms with van der Waals surface area (Å²) in [5, 5.41) is 1.44. The molecule has 60 valence electrons. The van der Waals surface area contributed by atoms with Crippen LogP contribution < -0.4 is 0 Å². The first-order valence-corrected chi connectivity index (χ1v) is 7.20. The average Bonchev–Trinajstić information content (AvgIpc) is 1.95. The maximum atomic E-state index is 5.91. The molecule has 0 aromatic heterocycles. The van der Waals surface area contributed by atoms with E-state index in [1.807, 2.05) is 12.1 Å². The molecule has 4 heteroatoms. The van der Waals surface area contributed by atoms with Crippen LogP contribution in [0.15, 0.2) is 18.2 Å². The Hall–Kier alpha value is 0.880. The third kappa shape index (κ3) is 3.01. The van der Waals surface area contributed by atoms with Gasteiger partial charge in [-0.15, -0.1) is 0 Å². The topological polar surface area (TPSA) is 0 Å². The van der Waals surface area contributed by atoms with Crippen molar-refractivity contribution in [2.75, 3.05) is 0 Å². The molecule has 0 N–H and O–H groups in total. The van der Waals surface area contributed by atoms with Crippen LogP contribution in [0.2, 0.25) is 10.0 Å². The fourth-order valence-corrected chi connectivity index (χ4v) is 2.63. The summed E-state index contributed by atoms with van der Waals surface area (Å²) in [7, 11) is 1.72. The fourth-order valence-electron chi connectivity index (χ4n) is 0.698. The predicted molar refractivity (Wildman–Crippen MR) is 61.8 cm³/mol. The number of hydrogen-bond acceptors (Lipinski definition) is 1. The van der Waals surface area contributed by atoms with E-state index in [2.05, 4.69) is 21.2 Å². The number of benzene rings is 1. The second-order valence-corrected chi connectivity index (χ2v) is 5.21. The summed E-state index contributed by atoms with van der Waals surface area (Å²) in [4.78, 5) is 0. The van der Waals surface area contributed by atoms with Crippen molar-refractivity contribution in [3.05, 3.63) is 33.8 Å². The molecule has 0 aliphatic heterocycles. The Kier molecular flexibility index (Phi) is 4.34. The highest BCUT2D eigenvalue weighted by molar-refractivity contribution is 14.2. The summed E-state index contributed by atoms with van der Waals surface area (Å²) in [6.45, 7) is 0. The van der Waals surface area contributed by atoms with Gasteiger partial charge in [0.15, 0.2) is 0 Å². The van der Waals surface area contributed by atoms with Gasteiger partial charge in [0.2, 0.25) is 0 Å². The van der Waals surface area contributed by atoms with Crippen molar-refractivity contribution in [2.24, 2.45) is 0 Å². The Morgan fingerprint density at radius 3 is 2.64 bits per heavy atom. The van der Waals surface area contributed by atoms with Crippen molar-refractivity contribution in [3.8, 4) is 0 Å². The van der Waals surface area contributed by atoms with Crippen molar-refractivity contribution in [2.45, 2.75) is 5.75 Å². The Bertz CT molecular complexity index is 252. The first-order chi connectivity index (χ1) is 5.24. The lowest BCUT2D eigenvalue weighted by Gasteiger charge is -2.00. The largest absolute Gasteiger partial charge is 0.0845 e. The lowest BCUT2D eigenvalue weighted by Crippen LogP contribution is -1.79. The molecule has 0 spiro atoms. The van der Waals surface area contributed by atoms with Crippen LogP contribution in [0.25, 0.3) is 0 Å². The monoisotopic (exact) mass is 318 g/mol. The zero-order chi connectivity index (χ0) is 8.27. The minimum atomic E-state index is 0.692. The summed E-state index contributed by atoms with van der Waals surface area (Å²) in [6, 6.07) is 5.58. The molecule has 0 amide bonds. The molecule has 1 aromatic rings. The van der Waals surface area contributed by atoms with Gasteiger partial charge in [0, 0.05) is 15.8 Å². The molecule has 0 aliphatic carbocycles. The molecule has 1 rings (SSSR count). The van der Waals surface area contributed by atoms with E-state index in [1.165, 1.54) is 0 Å². The van der Waals surface area contributed by atoms with Crippen LogP contribution in [0.1, 0.15) is 5.56 Å². The number of halogens is 3. The predicted octanol–water partition coefficient (Wildman–Crippen LogP) is 4.58. The highest BCUT2D eigenvalue weighted by Gasteiger charge is 1.99. The average molecular weight is 319 g/mol. The first kappa shape index (κ1) is 9.96. The van der Waals surface area contributed by atoms with E-state index in [0.29, 0.717) is 5.02 Å². The van der Waals surface area contributed by atoms with E-state index in [0.717, 1.165) is 16.3 Å². The smallest absolute Gasteiger partial charge is 0.0461 e. The van der Waals surface area contributed by atoms with Crippen LogP contribution in [0.3, 0.4) is 0 Å². The fraction of sp³-hybridized carbons (Fsp3) is 0.143. The van der Waals surface area contributed by atoms with Crippen LogP contribution in [0.5, 0.6) is 0 Å². The molecule has 0 saturated carbocycles. The van der Waals surface area contributed by atoms with Gasteiger partial charge in [0.05, 0.1) is 0 Å². The van der Waals surface area contributed by atoms with E-state index < -0.39 is 0 Å². The van der Waals surface area contributed by atoms with Gasteiger partial charge in [-0.25, -0.2) is 0 Å². The Morgan fingerprint density at radius 1 is 1.36 bits per heavy atom. The van der Waals surface area contributed by atoms with Gasteiger partial charge in [0.1, 0.15) is 0 Å². The molecule has 1 aromatic carbocycles. The van der Waals surface area contributed by atoms with Crippen molar-refractivity contribution in [3.63, 3.8) is 0 Å². The molecule has 0 heterocycles. The molecular formula is C7H5Cl2IS. The SMILES string of the molecule is Clc1ccc(CSI)c(Cl)c1. The second-order valence-electron chi connectivity index (χ2n) is 1.99. The standard InChI is InChI=1S/C7H5Cl2IS/c8-6-2-1-5(4-11-10)7(9)3-6/h1-3H,4H2. The summed E-state index contributed by atoms with van der Waals surface area (Å²) in [6.07, 6.45) is 0. The van der Waals surface area contributed by atoms with E-state index in [-0.39, 0.29) is 0 Å². The van der Waals surface area contributed by atoms with Gasteiger partial charge in [-0.1, -0.05) is 38.2 Å². The first-order valence-electron chi connectivity index (χ1n) is 2.91. The van der Waals surface area contributed by atoms with Gasteiger partial charge >= 0.3 is 0 Å². The van der Waals surface area contributed by atoms with Crippen LogP contribution in [0.4, 0.5) is 0 Å². The summed E-state index contributed by atoms with van der Waals surface area (Å²) >= 11 is 13.9. The highest BCUT2D eigenvalue weighted by Crippen LogP contribution is 2.26. The van der Waals surface area contributed by atoms with Crippen molar-refractivity contribution in [1.29, 1.82) is 0 Å². The minimum absolute atomic E-state index is 0.692. The molecule has 0 atom stereocenters. The molecular weight excluding hydrogens is 314 g/mol. The maximum absolute atomic E-state index is 5.91. The number of rotatable bonds is 2. The third-order valence-corrected chi connectivity index (χ3v) is 3.17. The number of hydrogen-bond donors (Lipinski definition) is 0. The maximum Gasteiger partial charge on any atom is 0.0461 e. The van der Waals surface area contributed by atoms with Crippen molar-refractivity contribution in [1.82, 2.24) is 0 Å². The molecule has 0 nitrogen and oxygen atoms in total. The van der Waals surface area contributed by atoms with E-state index in [1.54, 1.807) is 15.0 Å².